The maximum Gasteiger partial charge on any atom is 0.408 e. The molecule has 0 aliphatic carbocycles. The van der Waals surface area contributed by atoms with Crippen LogP contribution in [-0.2, 0) is 4.74 Å². The summed E-state index contributed by atoms with van der Waals surface area (Å²) in [5.74, 6) is 0.755. The number of alkyl halides is 1. The van der Waals surface area contributed by atoms with Crippen LogP contribution in [-0.4, -0.2) is 29.7 Å². The van der Waals surface area contributed by atoms with E-state index in [2.05, 4.69) is 37.2 Å². The largest absolute Gasteiger partial charge is 0.491 e. The fourth-order valence-electron chi connectivity index (χ4n) is 1.33. The molecule has 1 rings (SSSR count). The second-order valence-corrected chi connectivity index (χ2v) is 6.83. The summed E-state index contributed by atoms with van der Waals surface area (Å²) in [4.78, 5) is 11.7. The number of hydrogen-bond acceptors (Lipinski definition) is 3. The Morgan fingerprint density at radius 3 is 2.40 bits per heavy atom. The lowest BCUT2D eigenvalue weighted by Crippen LogP contribution is -2.43. The number of amides is 1. The van der Waals surface area contributed by atoms with Crippen molar-refractivity contribution in [3.05, 3.63) is 28.7 Å². The third kappa shape index (κ3) is 7.14. The van der Waals surface area contributed by atoms with Gasteiger partial charge in [0.15, 0.2) is 0 Å². The Morgan fingerprint density at radius 1 is 1.30 bits per heavy atom. The van der Waals surface area contributed by atoms with Gasteiger partial charge in [-0.2, -0.15) is 0 Å². The molecule has 20 heavy (non-hydrogen) atoms. The fourth-order valence-corrected chi connectivity index (χ4v) is 1.94. The van der Waals surface area contributed by atoms with Crippen LogP contribution in [0, 0.1) is 0 Å². The summed E-state index contributed by atoms with van der Waals surface area (Å²) in [6.07, 6.45) is -0.443. The molecule has 0 fully saturated rings. The minimum absolute atomic E-state index is 0.159. The van der Waals surface area contributed by atoms with E-state index in [1.165, 1.54) is 0 Å². The third-order valence-electron chi connectivity index (χ3n) is 2.17. The van der Waals surface area contributed by atoms with Crippen molar-refractivity contribution in [2.24, 2.45) is 0 Å². The van der Waals surface area contributed by atoms with E-state index in [0.29, 0.717) is 11.9 Å². The van der Waals surface area contributed by atoms with Crippen LogP contribution in [0.3, 0.4) is 0 Å². The van der Waals surface area contributed by atoms with E-state index in [4.69, 9.17) is 9.47 Å². The van der Waals surface area contributed by atoms with Gasteiger partial charge in [-0.05, 0) is 45.0 Å². The maximum absolute atomic E-state index is 11.7. The highest BCUT2D eigenvalue weighted by atomic mass is 79.9. The summed E-state index contributed by atoms with van der Waals surface area (Å²) in [7, 11) is 0. The SMILES string of the molecule is CC(C)(C)OC(=O)NC(CBr)COc1ccc(Br)cc1. The highest BCUT2D eigenvalue weighted by Gasteiger charge is 2.19. The van der Waals surface area contributed by atoms with Crippen molar-refractivity contribution in [1.82, 2.24) is 5.32 Å². The van der Waals surface area contributed by atoms with Gasteiger partial charge < -0.3 is 14.8 Å². The summed E-state index contributed by atoms with van der Waals surface area (Å²) in [5.41, 5.74) is -0.506. The molecular weight excluding hydrogens is 390 g/mol. The van der Waals surface area contributed by atoms with Crippen LogP contribution in [0.25, 0.3) is 0 Å². The maximum atomic E-state index is 11.7. The van der Waals surface area contributed by atoms with Crippen molar-refractivity contribution in [3.63, 3.8) is 0 Å². The van der Waals surface area contributed by atoms with Gasteiger partial charge in [-0.25, -0.2) is 4.79 Å². The summed E-state index contributed by atoms with van der Waals surface area (Å²) in [6.45, 7) is 5.85. The van der Waals surface area contributed by atoms with Crippen molar-refractivity contribution < 1.29 is 14.3 Å². The van der Waals surface area contributed by atoms with Gasteiger partial charge in [-0.1, -0.05) is 31.9 Å². The first-order chi connectivity index (χ1) is 9.30. The summed E-state index contributed by atoms with van der Waals surface area (Å²) >= 11 is 6.71. The average molecular weight is 409 g/mol. The summed E-state index contributed by atoms with van der Waals surface area (Å²) in [5, 5.41) is 3.35. The summed E-state index contributed by atoms with van der Waals surface area (Å²) in [6, 6.07) is 7.37. The van der Waals surface area contributed by atoms with Gasteiger partial charge in [0, 0.05) is 9.80 Å². The molecule has 1 atom stereocenters. The highest BCUT2D eigenvalue weighted by molar-refractivity contribution is 9.10. The molecule has 0 aliphatic rings. The zero-order chi connectivity index (χ0) is 15.2. The molecule has 0 aliphatic heterocycles. The van der Waals surface area contributed by atoms with E-state index in [1.807, 2.05) is 45.0 Å². The number of rotatable bonds is 5. The van der Waals surface area contributed by atoms with E-state index < -0.39 is 11.7 Å². The van der Waals surface area contributed by atoms with Crippen LogP contribution in [0.5, 0.6) is 5.75 Å². The molecule has 0 heterocycles. The molecule has 0 saturated carbocycles. The van der Waals surface area contributed by atoms with Crippen molar-refractivity contribution >= 4 is 38.0 Å². The lowest BCUT2D eigenvalue weighted by atomic mass is 10.2. The molecule has 6 heteroatoms. The van der Waals surface area contributed by atoms with E-state index in [1.54, 1.807) is 0 Å². The Bertz CT molecular complexity index is 429. The van der Waals surface area contributed by atoms with Gasteiger partial charge in [-0.3, -0.25) is 0 Å². The molecule has 112 valence electrons. The summed E-state index contributed by atoms with van der Waals surface area (Å²) < 4.78 is 11.8. The minimum atomic E-state index is -0.506. The number of hydrogen-bond donors (Lipinski definition) is 1. The minimum Gasteiger partial charge on any atom is -0.491 e. The van der Waals surface area contributed by atoms with Gasteiger partial charge in [0.1, 0.15) is 18.0 Å². The number of carbonyl (C=O) groups is 1. The smallest absolute Gasteiger partial charge is 0.408 e. The molecule has 1 unspecified atom stereocenters. The first-order valence-corrected chi connectivity index (χ1v) is 8.15. The lowest BCUT2D eigenvalue weighted by molar-refractivity contribution is 0.0495. The molecule has 1 aromatic rings. The predicted molar refractivity (Wildman–Crippen MR) is 86.6 cm³/mol. The first kappa shape index (κ1) is 17.3. The van der Waals surface area contributed by atoms with Crippen molar-refractivity contribution in [3.8, 4) is 5.75 Å². The Labute approximate surface area is 136 Å². The van der Waals surface area contributed by atoms with Crippen LogP contribution in [0.2, 0.25) is 0 Å². The second kappa shape index (κ2) is 7.88. The topological polar surface area (TPSA) is 47.6 Å². The number of benzene rings is 1. The quantitative estimate of drug-likeness (QED) is 0.745. The molecule has 0 radical (unpaired) electrons. The number of halogens is 2. The molecule has 4 nitrogen and oxygen atoms in total. The second-order valence-electron chi connectivity index (χ2n) is 5.26. The van der Waals surface area contributed by atoms with Gasteiger partial charge in [0.25, 0.3) is 0 Å². The van der Waals surface area contributed by atoms with Gasteiger partial charge in [-0.15, -0.1) is 0 Å². The van der Waals surface area contributed by atoms with Crippen LogP contribution in [0.15, 0.2) is 28.7 Å². The number of ether oxygens (including phenoxy) is 2. The molecule has 0 saturated heterocycles. The average Bonchev–Trinajstić information content (AvgIpc) is 2.34. The molecular formula is C14H19Br2NO3. The standard InChI is InChI=1S/C14H19Br2NO3/c1-14(2,3)20-13(18)17-11(8-15)9-19-12-6-4-10(16)5-7-12/h4-7,11H,8-9H2,1-3H3,(H,17,18). The number of alkyl carbamates (subject to hydrolysis) is 1. The lowest BCUT2D eigenvalue weighted by Gasteiger charge is -2.22. The Balaban J connectivity index is 2.43. The molecule has 0 spiro atoms. The fraction of sp³-hybridized carbons (Fsp3) is 0.500. The van der Waals surface area contributed by atoms with Gasteiger partial charge in [0.05, 0.1) is 6.04 Å². The van der Waals surface area contributed by atoms with Crippen molar-refractivity contribution in [2.75, 3.05) is 11.9 Å². The molecule has 1 amide bonds. The zero-order valence-electron chi connectivity index (χ0n) is 11.8. The predicted octanol–water partition coefficient (Wildman–Crippen LogP) is 4.12. The van der Waals surface area contributed by atoms with Crippen LogP contribution >= 0.6 is 31.9 Å². The Kier molecular flexibility index (Phi) is 6.82. The van der Waals surface area contributed by atoms with Gasteiger partial charge in [0.2, 0.25) is 0 Å². The van der Waals surface area contributed by atoms with Crippen LogP contribution in [0.1, 0.15) is 20.8 Å². The third-order valence-corrected chi connectivity index (χ3v) is 3.48. The first-order valence-electron chi connectivity index (χ1n) is 6.24. The van der Waals surface area contributed by atoms with Gasteiger partial charge >= 0.3 is 6.09 Å². The van der Waals surface area contributed by atoms with E-state index in [9.17, 15) is 4.79 Å². The normalized spacial score (nSPS) is 12.7. The Hall–Kier alpha value is -0.750. The highest BCUT2D eigenvalue weighted by Crippen LogP contribution is 2.16. The van der Waals surface area contributed by atoms with E-state index in [0.717, 1.165) is 10.2 Å². The zero-order valence-corrected chi connectivity index (χ0v) is 15.0. The molecule has 0 aromatic heterocycles. The number of carbonyl (C=O) groups excluding carboxylic acids is 1. The monoisotopic (exact) mass is 407 g/mol. The molecule has 1 aromatic carbocycles. The van der Waals surface area contributed by atoms with E-state index in [-0.39, 0.29) is 6.04 Å². The van der Waals surface area contributed by atoms with Crippen LogP contribution in [0.4, 0.5) is 4.79 Å². The number of nitrogens with one attached hydrogen (secondary N) is 1. The molecule has 0 bridgehead atoms. The van der Waals surface area contributed by atoms with Crippen LogP contribution < -0.4 is 10.1 Å². The van der Waals surface area contributed by atoms with Crippen molar-refractivity contribution in [1.29, 1.82) is 0 Å². The Morgan fingerprint density at radius 2 is 1.90 bits per heavy atom. The van der Waals surface area contributed by atoms with Crippen molar-refractivity contribution in [2.45, 2.75) is 32.4 Å². The molecule has 1 N–H and O–H groups in total. The van der Waals surface area contributed by atoms with E-state index >= 15 is 0 Å².